The van der Waals surface area contributed by atoms with Crippen molar-refractivity contribution in [2.24, 2.45) is 22.7 Å². The van der Waals surface area contributed by atoms with Crippen LogP contribution in [0.5, 0.6) is 5.75 Å². The molecule has 1 aromatic rings. The lowest BCUT2D eigenvalue weighted by Gasteiger charge is -2.59. The summed E-state index contributed by atoms with van der Waals surface area (Å²) in [5.41, 5.74) is -3.72. The highest BCUT2D eigenvalue weighted by Crippen LogP contribution is 2.65. The first kappa shape index (κ1) is 26.9. The Kier molecular flexibility index (Phi) is 5.92. The van der Waals surface area contributed by atoms with Crippen LogP contribution >= 0.6 is 0 Å². The van der Waals surface area contributed by atoms with Crippen molar-refractivity contribution in [1.29, 1.82) is 0 Å². The Morgan fingerprint density at radius 1 is 1.14 bits per heavy atom. The minimum Gasteiger partial charge on any atom is -0.508 e. The van der Waals surface area contributed by atoms with Crippen LogP contribution < -0.4 is 0 Å². The summed E-state index contributed by atoms with van der Waals surface area (Å²) in [4.78, 5) is 40.3. The molecule has 3 aliphatic rings. The topological polar surface area (TPSA) is 132 Å². The fourth-order valence-corrected chi connectivity index (χ4v) is 7.51. The van der Waals surface area contributed by atoms with Crippen LogP contribution in [0.2, 0.25) is 0 Å². The number of Topliss-reactive ketones (excluding diaryl/α,β-unsaturated/α-hetero) is 3. The smallest absolute Gasteiger partial charge is 0.203 e. The molecule has 0 aliphatic heterocycles. The van der Waals surface area contributed by atoms with E-state index >= 15 is 0 Å². The van der Waals surface area contributed by atoms with E-state index in [4.69, 9.17) is 0 Å². The van der Waals surface area contributed by atoms with E-state index in [1.54, 1.807) is 27.7 Å². The van der Waals surface area contributed by atoms with E-state index in [1.807, 2.05) is 19.9 Å². The van der Waals surface area contributed by atoms with Crippen molar-refractivity contribution in [2.45, 2.75) is 72.8 Å². The molecule has 1 aromatic carbocycles. The molecule has 1 saturated carbocycles. The summed E-state index contributed by atoms with van der Waals surface area (Å²) >= 11 is 0. The molecule has 3 aliphatic carbocycles. The maximum atomic E-state index is 14.3. The van der Waals surface area contributed by atoms with Gasteiger partial charge in [-0.05, 0) is 48.8 Å². The van der Waals surface area contributed by atoms with Crippen LogP contribution in [0.1, 0.15) is 83.1 Å². The summed E-state index contributed by atoms with van der Waals surface area (Å²) in [5, 5.41) is 45.9. The lowest BCUT2D eigenvalue weighted by Crippen LogP contribution is -2.69. The number of hydrogen-bond acceptors (Lipinski definition) is 7. The maximum Gasteiger partial charge on any atom is 0.203 e. The van der Waals surface area contributed by atoms with E-state index in [0.717, 1.165) is 12.5 Å². The monoisotopic (exact) mass is 508 g/mol. The fourth-order valence-electron chi connectivity index (χ4n) is 7.51. The minimum absolute atomic E-state index is 0.0302. The molecule has 4 atom stereocenters. The lowest BCUT2D eigenvalue weighted by molar-refractivity contribution is -0.178. The second-order valence-electron chi connectivity index (χ2n) is 12.1. The first-order chi connectivity index (χ1) is 17.0. The molecule has 198 valence electrons. The summed E-state index contributed by atoms with van der Waals surface area (Å²) in [6.07, 6.45) is 1.81. The van der Waals surface area contributed by atoms with Gasteiger partial charge in [-0.1, -0.05) is 54.2 Å². The Balaban J connectivity index is 2.13. The van der Waals surface area contributed by atoms with E-state index < -0.39 is 56.8 Å². The van der Waals surface area contributed by atoms with Gasteiger partial charge in [-0.25, -0.2) is 0 Å². The van der Waals surface area contributed by atoms with E-state index in [0.29, 0.717) is 11.1 Å². The normalized spacial score (nSPS) is 31.5. The molecule has 4 N–H and O–H groups in total. The van der Waals surface area contributed by atoms with E-state index in [9.17, 15) is 34.8 Å². The number of aliphatic hydroxyl groups excluding tert-OH is 2. The second kappa shape index (κ2) is 8.15. The Morgan fingerprint density at radius 2 is 1.73 bits per heavy atom. The zero-order valence-corrected chi connectivity index (χ0v) is 22.5. The van der Waals surface area contributed by atoms with Crippen molar-refractivity contribution < 1.29 is 34.8 Å². The third-order valence-corrected chi connectivity index (χ3v) is 8.91. The SMILES string of the molecule is C=Cc1cc(C(C)C)c2c(c1O)C(O)=C1C(=O)[C@@]3(O)C(O)=C(C(C)=O)C(=O)C(C(C)C)[C@@]3(C)C[C@@]1(C)C2. The van der Waals surface area contributed by atoms with E-state index in [2.05, 4.69) is 6.58 Å². The van der Waals surface area contributed by atoms with Gasteiger partial charge in [0.25, 0.3) is 0 Å². The molecule has 7 heteroatoms. The van der Waals surface area contributed by atoms with Gasteiger partial charge in [0.1, 0.15) is 22.8 Å². The highest BCUT2D eigenvalue weighted by molar-refractivity contribution is 6.24. The Hall–Kier alpha value is -3.19. The molecule has 0 aromatic heterocycles. The first-order valence-electron chi connectivity index (χ1n) is 12.7. The van der Waals surface area contributed by atoms with Crippen LogP contribution in [0, 0.1) is 22.7 Å². The zero-order chi connectivity index (χ0) is 28.0. The Bertz CT molecular complexity index is 1340. The van der Waals surface area contributed by atoms with Gasteiger partial charge in [0.05, 0.1) is 5.56 Å². The number of phenols is 1. The van der Waals surface area contributed by atoms with Gasteiger partial charge in [-0.2, -0.15) is 0 Å². The average molecular weight is 509 g/mol. The number of aromatic hydroxyl groups is 1. The number of carbonyl (C=O) groups is 3. The summed E-state index contributed by atoms with van der Waals surface area (Å²) in [6, 6.07) is 1.82. The Labute approximate surface area is 217 Å². The second-order valence-corrected chi connectivity index (χ2v) is 12.1. The third-order valence-electron chi connectivity index (χ3n) is 8.91. The number of ketones is 3. The molecule has 0 saturated heterocycles. The maximum absolute atomic E-state index is 14.3. The highest BCUT2D eigenvalue weighted by atomic mass is 16.3. The van der Waals surface area contributed by atoms with E-state index in [1.165, 1.54) is 6.08 Å². The van der Waals surface area contributed by atoms with Crippen molar-refractivity contribution in [3.63, 3.8) is 0 Å². The van der Waals surface area contributed by atoms with Gasteiger partial charge >= 0.3 is 0 Å². The van der Waals surface area contributed by atoms with Crippen LogP contribution in [0.4, 0.5) is 0 Å². The molecule has 4 rings (SSSR count). The molecule has 37 heavy (non-hydrogen) atoms. The van der Waals surface area contributed by atoms with Gasteiger partial charge in [0, 0.05) is 27.9 Å². The molecule has 0 spiro atoms. The van der Waals surface area contributed by atoms with Gasteiger partial charge < -0.3 is 20.4 Å². The number of allylic oxidation sites excluding steroid dienone is 1. The lowest BCUT2D eigenvalue weighted by atomic mass is 9.43. The average Bonchev–Trinajstić information content (AvgIpc) is 2.75. The summed E-state index contributed by atoms with van der Waals surface area (Å²) < 4.78 is 0. The van der Waals surface area contributed by atoms with Crippen LogP contribution in [0.15, 0.2) is 29.6 Å². The van der Waals surface area contributed by atoms with Crippen molar-refractivity contribution in [1.82, 2.24) is 0 Å². The van der Waals surface area contributed by atoms with Crippen molar-refractivity contribution in [3.8, 4) is 5.75 Å². The quantitative estimate of drug-likeness (QED) is 0.423. The number of fused-ring (bicyclic) bond motifs is 3. The zero-order valence-electron chi connectivity index (χ0n) is 22.5. The molecule has 0 bridgehead atoms. The predicted octanol–water partition coefficient (Wildman–Crippen LogP) is 4.96. The minimum atomic E-state index is -2.61. The van der Waals surface area contributed by atoms with Crippen molar-refractivity contribution in [2.75, 3.05) is 0 Å². The van der Waals surface area contributed by atoms with Crippen LogP contribution in [0.3, 0.4) is 0 Å². The molecular formula is C30H36O7. The molecule has 7 nitrogen and oxygen atoms in total. The highest BCUT2D eigenvalue weighted by Gasteiger charge is 2.72. The van der Waals surface area contributed by atoms with Crippen LogP contribution in [-0.4, -0.2) is 43.4 Å². The number of phenolic OH excluding ortho intramolecular Hbond substituents is 1. The predicted molar refractivity (Wildman–Crippen MR) is 140 cm³/mol. The standard InChI is InChI=1S/C30H36O7/c1-9-16-10-17(13(2)3)18-11-28(7)12-29(8)21(14(4)5)24(33)19(15(6)31)26(35)30(29,37)27(36)22(28)25(34)20(18)23(16)32/h9-10,13-14,21,32,34-35,37H,1,11-12H2,2-8H3/t21?,28-,29-,30+/m1/s1. The number of aliphatic hydroxyl groups is 3. The first-order valence-corrected chi connectivity index (χ1v) is 12.7. The van der Waals surface area contributed by atoms with Gasteiger partial charge in [0.15, 0.2) is 17.2 Å². The van der Waals surface area contributed by atoms with Crippen LogP contribution in [-0.2, 0) is 20.8 Å². The van der Waals surface area contributed by atoms with Crippen molar-refractivity contribution in [3.05, 3.63) is 51.8 Å². The summed E-state index contributed by atoms with van der Waals surface area (Å²) in [6.45, 7) is 15.8. The molecule has 1 fully saturated rings. The number of hydrogen-bond donors (Lipinski definition) is 4. The molecule has 0 amide bonds. The van der Waals surface area contributed by atoms with Crippen LogP contribution in [0.25, 0.3) is 11.8 Å². The molecule has 0 radical (unpaired) electrons. The molecule has 0 heterocycles. The largest absolute Gasteiger partial charge is 0.508 e. The number of rotatable bonds is 4. The van der Waals surface area contributed by atoms with Gasteiger partial charge in [-0.3, -0.25) is 14.4 Å². The van der Waals surface area contributed by atoms with Gasteiger partial charge in [-0.15, -0.1) is 0 Å². The fraction of sp³-hybridized carbons (Fsp3) is 0.500. The number of benzene rings is 1. The molecular weight excluding hydrogens is 472 g/mol. The number of carbonyl (C=O) groups excluding carboxylic acids is 3. The van der Waals surface area contributed by atoms with Crippen molar-refractivity contribution >= 4 is 29.2 Å². The third kappa shape index (κ3) is 3.19. The summed E-state index contributed by atoms with van der Waals surface area (Å²) in [7, 11) is 0. The molecule has 1 unspecified atom stereocenters. The van der Waals surface area contributed by atoms with Gasteiger partial charge in [0.2, 0.25) is 5.78 Å². The Morgan fingerprint density at radius 3 is 2.22 bits per heavy atom. The van der Waals surface area contributed by atoms with E-state index in [-0.39, 0.29) is 41.6 Å². The summed E-state index contributed by atoms with van der Waals surface area (Å²) in [5.74, 6) is -5.21.